The second kappa shape index (κ2) is 8.12. The molecule has 0 aromatic heterocycles. The van der Waals surface area contributed by atoms with Crippen molar-refractivity contribution in [2.24, 2.45) is 5.73 Å². The van der Waals surface area contributed by atoms with Gasteiger partial charge < -0.3 is 15.8 Å². The van der Waals surface area contributed by atoms with E-state index < -0.39 is 5.91 Å². The first-order valence-corrected chi connectivity index (χ1v) is 7.49. The number of primary amides is 1. The molecule has 2 aromatic carbocycles. The lowest BCUT2D eigenvalue weighted by Gasteiger charge is -2.16. The van der Waals surface area contributed by atoms with Crippen LogP contribution in [0.4, 0.5) is 5.69 Å². The van der Waals surface area contributed by atoms with Crippen molar-refractivity contribution < 1.29 is 14.3 Å². The number of rotatable bonds is 7. The minimum Gasteiger partial charge on any atom is -0.497 e. The van der Waals surface area contributed by atoms with E-state index in [1.165, 1.54) is 0 Å². The Morgan fingerprint density at radius 2 is 1.71 bits per heavy atom. The Balaban J connectivity index is 1.85. The highest BCUT2D eigenvalue weighted by Gasteiger charge is 2.08. The molecule has 0 bridgehead atoms. The highest BCUT2D eigenvalue weighted by molar-refractivity contribution is 5.95. The van der Waals surface area contributed by atoms with Gasteiger partial charge in [0.2, 0.25) is 11.8 Å². The van der Waals surface area contributed by atoms with Gasteiger partial charge in [-0.05, 0) is 49.0 Å². The molecule has 2 aromatic rings. The predicted molar refractivity (Wildman–Crippen MR) is 92.9 cm³/mol. The van der Waals surface area contributed by atoms with Crippen LogP contribution in [0, 0.1) is 0 Å². The first-order chi connectivity index (χ1) is 11.5. The zero-order valence-corrected chi connectivity index (χ0v) is 13.8. The monoisotopic (exact) mass is 327 g/mol. The van der Waals surface area contributed by atoms with E-state index in [-0.39, 0.29) is 12.5 Å². The molecule has 126 valence electrons. The van der Waals surface area contributed by atoms with Gasteiger partial charge in [-0.25, -0.2) is 0 Å². The Hall–Kier alpha value is -2.86. The average molecular weight is 327 g/mol. The van der Waals surface area contributed by atoms with Crippen LogP contribution in [0.2, 0.25) is 0 Å². The fourth-order valence-corrected chi connectivity index (χ4v) is 2.26. The van der Waals surface area contributed by atoms with Gasteiger partial charge >= 0.3 is 0 Å². The Kier molecular flexibility index (Phi) is 5.92. The molecule has 24 heavy (non-hydrogen) atoms. The molecule has 0 saturated carbocycles. The SMILES string of the molecule is COc1ccc(CN(C)CC(=O)Nc2ccc(C(N)=O)cc2)cc1. The van der Waals surface area contributed by atoms with Crippen LogP contribution in [0.3, 0.4) is 0 Å². The smallest absolute Gasteiger partial charge is 0.248 e. The number of benzene rings is 2. The van der Waals surface area contributed by atoms with Crippen molar-refractivity contribution in [1.29, 1.82) is 0 Å². The molecule has 0 heterocycles. The Morgan fingerprint density at radius 3 is 2.25 bits per heavy atom. The number of anilines is 1. The van der Waals surface area contributed by atoms with Crippen LogP contribution in [-0.2, 0) is 11.3 Å². The Bertz CT molecular complexity index is 696. The molecule has 0 aliphatic heterocycles. The average Bonchev–Trinajstić information content (AvgIpc) is 2.55. The highest BCUT2D eigenvalue weighted by atomic mass is 16.5. The van der Waals surface area contributed by atoms with Crippen molar-refractivity contribution in [3.8, 4) is 5.75 Å². The van der Waals surface area contributed by atoms with Crippen LogP contribution in [0.25, 0.3) is 0 Å². The van der Waals surface area contributed by atoms with Crippen molar-refractivity contribution in [2.45, 2.75) is 6.54 Å². The normalized spacial score (nSPS) is 10.5. The molecule has 0 atom stereocenters. The van der Waals surface area contributed by atoms with Crippen LogP contribution >= 0.6 is 0 Å². The summed E-state index contributed by atoms with van der Waals surface area (Å²) in [6, 6.07) is 14.2. The molecule has 0 spiro atoms. The lowest BCUT2D eigenvalue weighted by Crippen LogP contribution is -2.29. The molecule has 0 fully saturated rings. The number of nitrogens with zero attached hydrogens (tertiary/aromatic N) is 1. The van der Waals surface area contributed by atoms with E-state index in [1.54, 1.807) is 31.4 Å². The third-order valence-corrected chi connectivity index (χ3v) is 3.48. The van der Waals surface area contributed by atoms with E-state index in [2.05, 4.69) is 5.32 Å². The van der Waals surface area contributed by atoms with Crippen LogP contribution in [0.1, 0.15) is 15.9 Å². The summed E-state index contributed by atoms with van der Waals surface area (Å²) >= 11 is 0. The number of hydrogen-bond acceptors (Lipinski definition) is 4. The molecular formula is C18H21N3O3. The standard InChI is InChI=1S/C18H21N3O3/c1-21(11-13-3-9-16(24-2)10-4-13)12-17(22)20-15-7-5-14(6-8-15)18(19)23/h3-10H,11-12H2,1-2H3,(H2,19,23)(H,20,22). The van der Waals surface area contributed by atoms with Crippen LogP contribution < -0.4 is 15.8 Å². The number of carbonyl (C=O) groups is 2. The topological polar surface area (TPSA) is 84.7 Å². The maximum absolute atomic E-state index is 12.1. The largest absolute Gasteiger partial charge is 0.497 e. The Morgan fingerprint density at radius 1 is 1.08 bits per heavy atom. The third kappa shape index (κ3) is 5.10. The summed E-state index contributed by atoms with van der Waals surface area (Å²) in [5, 5.41) is 2.79. The summed E-state index contributed by atoms with van der Waals surface area (Å²) in [4.78, 5) is 25.0. The summed E-state index contributed by atoms with van der Waals surface area (Å²) in [7, 11) is 3.50. The Labute approximate surface area is 141 Å². The first-order valence-electron chi connectivity index (χ1n) is 7.49. The van der Waals surface area contributed by atoms with Crippen LogP contribution in [0.15, 0.2) is 48.5 Å². The number of likely N-dealkylation sites (N-methyl/N-ethyl adjacent to an activating group) is 1. The number of nitrogens with two attached hydrogens (primary N) is 1. The summed E-state index contributed by atoms with van der Waals surface area (Å²) in [6.45, 7) is 0.904. The molecule has 0 aliphatic carbocycles. The second-order valence-electron chi connectivity index (χ2n) is 5.51. The number of ether oxygens (including phenoxy) is 1. The molecule has 0 aliphatic rings. The number of carbonyl (C=O) groups excluding carboxylic acids is 2. The van der Waals surface area contributed by atoms with E-state index in [0.717, 1.165) is 11.3 Å². The summed E-state index contributed by atoms with van der Waals surface area (Å²) in [6.07, 6.45) is 0. The molecule has 6 nitrogen and oxygen atoms in total. The number of hydrogen-bond donors (Lipinski definition) is 2. The van der Waals surface area contributed by atoms with Gasteiger partial charge in [0.05, 0.1) is 13.7 Å². The summed E-state index contributed by atoms with van der Waals surface area (Å²) in [5.41, 5.74) is 7.31. The summed E-state index contributed by atoms with van der Waals surface area (Å²) < 4.78 is 5.12. The van der Waals surface area contributed by atoms with E-state index in [0.29, 0.717) is 17.8 Å². The fourth-order valence-electron chi connectivity index (χ4n) is 2.26. The van der Waals surface area contributed by atoms with Gasteiger partial charge in [-0.15, -0.1) is 0 Å². The molecule has 0 radical (unpaired) electrons. The van der Waals surface area contributed by atoms with Crippen molar-refractivity contribution in [1.82, 2.24) is 4.90 Å². The van der Waals surface area contributed by atoms with Crippen molar-refractivity contribution in [3.63, 3.8) is 0 Å². The van der Waals surface area contributed by atoms with Crippen LogP contribution in [-0.4, -0.2) is 37.4 Å². The van der Waals surface area contributed by atoms with Gasteiger partial charge in [-0.2, -0.15) is 0 Å². The molecule has 2 amide bonds. The highest BCUT2D eigenvalue weighted by Crippen LogP contribution is 2.13. The predicted octanol–water partition coefficient (Wildman–Crippen LogP) is 1.86. The molecule has 6 heteroatoms. The van der Waals surface area contributed by atoms with Gasteiger partial charge in [-0.3, -0.25) is 14.5 Å². The fraction of sp³-hybridized carbons (Fsp3) is 0.222. The quantitative estimate of drug-likeness (QED) is 0.813. The molecule has 3 N–H and O–H groups in total. The van der Waals surface area contributed by atoms with Crippen LogP contribution in [0.5, 0.6) is 5.75 Å². The number of amides is 2. The van der Waals surface area contributed by atoms with E-state index >= 15 is 0 Å². The van der Waals surface area contributed by atoms with Gasteiger partial charge in [0.25, 0.3) is 0 Å². The number of nitrogens with one attached hydrogen (secondary N) is 1. The second-order valence-corrected chi connectivity index (χ2v) is 5.51. The lowest BCUT2D eigenvalue weighted by atomic mass is 10.2. The van der Waals surface area contributed by atoms with E-state index in [1.807, 2.05) is 36.2 Å². The number of methoxy groups -OCH3 is 1. The minimum atomic E-state index is -0.493. The third-order valence-electron chi connectivity index (χ3n) is 3.48. The van der Waals surface area contributed by atoms with Crippen molar-refractivity contribution >= 4 is 17.5 Å². The first kappa shape index (κ1) is 17.5. The van der Waals surface area contributed by atoms with Gasteiger partial charge in [0, 0.05) is 17.8 Å². The zero-order chi connectivity index (χ0) is 17.5. The van der Waals surface area contributed by atoms with Gasteiger partial charge in [0.1, 0.15) is 5.75 Å². The van der Waals surface area contributed by atoms with Gasteiger partial charge in [-0.1, -0.05) is 12.1 Å². The van der Waals surface area contributed by atoms with Crippen molar-refractivity contribution in [2.75, 3.05) is 26.0 Å². The minimum absolute atomic E-state index is 0.127. The maximum Gasteiger partial charge on any atom is 0.248 e. The molecule has 0 saturated heterocycles. The van der Waals surface area contributed by atoms with Gasteiger partial charge in [0.15, 0.2) is 0 Å². The summed E-state index contributed by atoms with van der Waals surface area (Å²) in [5.74, 6) is 0.184. The van der Waals surface area contributed by atoms with E-state index in [9.17, 15) is 9.59 Å². The zero-order valence-electron chi connectivity index (χ0n) is 13.8. The van der Waals surface area contributed by atoms with E-state index in [4.69, 9.17) is 10.5 Å². The lowest BCUT2D eigenvalue weighted by molar-refractivity contribution is -0.117. The molecule has 2 rings (SSSR count). The molecular weight excluding hydrogens is 306 g/mol. The van der Waals surface area contributed by atoms with Crippen molar-refractivity contribution in [3.05, 3.63) is 59.7 Å². The molecule has 0 unspecified atom stereocenters. The maximum atomic E-state index is 12.1.